The smallest absolute Gasteiger partial charge is 0.139 e. The van der Waals surface area contributed by atoms with Crippen molar-refractivity contribution in [2.24, 2.45) is 5.73 Å². The highest BCUT2D eigenvalue weighted by Crippen LogP contribution is 2.17. The largest absolute Gasteiger partial charge is 0.326 e. The SMILES string of the molecule is NCc1ccc(CS(=O)c2cc(F)ccc2F)cc1. The Hall–Kier alpha value is -1.59. The van der Waals surface area contributed by atoms with Crippen molar-refractivity contribution in [3.63, 3.8) is 0 Å². The van der Waals surface area contributed by atoms with Crippen molar-refractivity contribution in [3.05, 3.63) is 65.2 Å². The first kappa shape index (κ1) is 13.8. The maximum absolute atomic E-state index is 13.5. The molecule has 1 unspecified atom stereocenters. The summed E-state index contributed by atoms with van der Waals surface area (Å²) in [7, 11) is -1.61. The maximum Gasteiger partial charge on any atom is 0.139 e. The van der Waals surface area contributed by atoms with E-state index in [-0.39, 0.29) is 10.6 Å². The molecule has 2 nitrogen and oxygen atoms in total. The van der Waals surface area contributed by atoms with Crippen LogP contribution >= 0.6 is 0 Å². The summed E-state index contributed by atoms with van der Waals surface area (Å²) < 4.78 is 38.5. The van der Waals surface area contributed by atoms with E-state index in [0.717, 1.165) is 29.3 Å². The number of hydrogen-bond acceptors (Lipinski definition) is 2. The molecule has 2 aromatic rings. The quantitative estimate of drug-likeness (QED) is 0.936. The number of nitrogens with two attached hydrogens (primary N) is 1. The highest BCUT2D eigenvalue weighted by molar-refractivity contribution is 7.84. The van der Waals surface area contributed by atoms with Gasteiger partial charge in [0.2, 0.25) is 0 Å². The Kier molecular flexibility index (Phi) is 4.39. The van der Waals surface area contributed by atoms with Crippen molar-refractivity contribution in [1.29, 1.82) is 0 Å². The summed E-state index contributed by atoms with van der Waals surface area (Å²) in [5.41, 5.74) is 7.23. The predicted molar refractivity (Wildman–Crippen MR) is 70.8 cm³/mol. The third-order valence-electron chi connectivity index (χ3n) is 2.69. The standard InChI is InChI=1S/C14H13F2NOS/c15-12-5-6-13(16)14(7-12)19(18)9-11-3-1-10(8-17)2-4-11/h1-7H,8-9,17H2. The van der Waals surface area contributed by atoms with E-state index in [4.69, 9.17) is 5.73 Å². The Morgan fingerprint density at radius 2 is 1.63 bits per heavy atom. The van der Waals surface area contributed by atoms with Gasteiger partial charge in [-0.15, -0.1) is 0 Å². The van der Waals surface area contributed by atoms with Crippen molar-refractivity contribution in [3.8, 4) is 0 Å². The van der Waals surface area contributed by atoms with Crippen LogP contribution in [0, 0.1) is 11.6 Å². The van der Waals surface area contributed by atoms with Crippen molar-refractivity contribution in [2.45, 2.75) is 17.2 Å². The van der Waals surface area contributed by atoms with Crippen LogP contribution in [0.15, 0.2) is 47.4 Å². The molecule has 0 spiro atoms. The first-order chi connectivity index (χ1) is 9.10. The summed E-state index contributed by atoms with van der Waals surface area (Å²) in [5, 5.41) is 0. The van der Waals surface area contributed by atoms with E-state index in [1.807, 2.05) is 12.1 Å². The van der Waals surface area contributed by atoms with E-state index < -0.39 is 22.4 Å². The third-order valence-corrected chi connectivity index (χ3v) is 4.09. The molecule has 0 aromatic heterocycles. The molecule has 0 aliphatic heterocycles. The lowest BCUT2D eigenvalue weighted by molar-refractivity contribution is 0.572. The molecule has 19 heavy (non-hydrogen) atoms. The van der Waals surface area contributed by atoms with Crippen LogP contribution in [-0.2, 0) is 23.1 Å². The van der Waals surface area contributed by atoms with Crippen LogP contribution in [0.5, 0.6) is 0 Å². The van der Waals surface area contributed by atoms with E-state index in [9.17, 15) is 13.0 Å². The van der Waals surface area contributed by atoms with Crippen LogP contribution in [0.4, 0.5) is 8.78 Å². The Morgan fingerprint density at radius 3 is 2.26 bits per heavy atom. The molecule has 2 rings (SSSR count). The number of benzene rings is 2. The van der Waals surface area contributed by atoms with Gasteiger partial charge in [-0.05, 0) is 29.3 Å². The average molecular weight is 281 g/mol. The molecular weight excluding hydrogens is 268 g/mol. The lowest BCUT2D eigenvalue weighted by atomic mass is 10.1. The Morgan fingerprint density at radius 1 is 1.00 bits per heavy atom. The molecule has 100 valence electrons. The molecule has 0 saturated heterocycles. The van der Waals surface area contributed by atoms with E-state index in [1.165, 1.54) is 0 Å². The zero-order valence-electron chi connectivity index (χ0n) is 10.1. The highest BCUT2D eigenvalue weighted by Gasteiger charge is 2.12. The molecule has 0 heterocycles. The van der Waals surface area contributed by atoms with Gasteiger partial charge in [0.1, 0.15) is 11.6 Å². The van der Waals surface area contributed by atoms with Crippen molar-refractivity contribution < 1.29 is 13.0 Å². The molecule has 0 radical (unpaired) electrons. The highest BCUT2D eigenvalue weighted by atomic mass is 32.2. The summed E-state index contributed by atoms with van der Waals surface area (Å²) >= 11 is 0. The molecule has 0 saturated carbocycles. The van der Waals surface area contributed by atoms with Gasteiger partial charge in [0, 0.05) is 6.54 Å². The van der Waals surface area contributed by atoms with Gasteiger partial charge in [0.15, 0.2) is 0 Å². The summed E-state index contributed by atoms with van der Waals surface area (Å²) in [6.07, 6.45) is 0. The second-order valence-electron chi connectivity index (χ2n) is 4.09. The van der Waals surface area contributed by atoms with Gasteiger partial charge in [0.05, 0.1) is 21.4 Å². The van der Waals surface area contributed by atoms with E-state index >= 15 is 0 Å². The van der Waals surface area contributed by atoms with Crippen LogP contribution in [0.1, 0.15) is 11.1 Å². The van der Waals surface area contributed by atoms with Crippen LogP contribution in [0.3, 0.4) is 0 Å². The fourth-order valence-electron chi connectivity index (χ4n) is 1.65. The van der Waals surface area contributed by atoms with Crippen LogP contribution in [0.25, 0.3) is 0 Å². The number of hydrogen-bond donors (Lipinski definition) is 1. The fraction of sp³-hybridized carbons (Fsp3) is 0.143. The molecule has 0 bridgehead atoms. The van der Waals surface area contributed by atoms with Gasteiger partial charge in [-0.3, -0.25) is 4.21 Å². The molecule has 5 heteroatoms. The van der Waals surface area contributed by atoms with Gasteiger partial charge in [-0.1, -0.05) is 24.3 Å². The summed E-state index contributed by atoms with van der Waals surface area (Å²) in [6, 6.07) is 10.2. The number of rotatable bonds is 4. The predicted octanol–water partition coefficient (Wildman–Crippen LogP) is 2.73. The minimum Gasteiger partial charge on any atom is -0.326 e. The second-order valence-corrected chi connectivity index (χ2v) is 5.50. The lowest BCUT2D eigenvalue weighted by Crippen LogP contribution is -2.01. The zero-order chi connectivity index (χ0) is 13.8. The van der Waals surface area contributed by atoms with Gasteiger partial charge < -0.3 is 5.73 Å². The van der Waals surface area contributed by atoms with Crippen molar-refractivity contribution in [1.82, 2.24) is 0 Å². The Labute approximate surface area is 112 Å². The zero-order valence-corrected chi connectivity index (χ0v) is 10.9. The van der Waals surface area contributed by atoms with Crippen LogP contribution < -0.4 is 5.73 Å². The summed E-state index contributed by atoms with van der Waals surface area (Å²) in [6.45, 7) is 0.432. The average Bonchev–Trinajstić information content (AvgIpc) is 2.42. The summed E-state index contributed by atoms with van der Waals surface area (Å²) in [5.74, 6) is -1.10. The lowest BCUT2D eigenvalue weighted by Gasteiger charge is -2.05. The minimum atomic E-state index is -1.61. The molecule has 2 aromatic carbocycles. The molecule has 1 atom stereocenters. The second kappa shape index (κ2) is 6.04. The molecular formula is C14H13F2NOS. The molecule has 0 amide bonds. The topological polar surface area (TPSA) is 43.1 Å². The Balaban J connectivity index is 2.18. The monoisotopic (exact) mass is 281 g/mol. The molecule has 2 N–H and O–H groups in total. The van der Waals surface area contributed by atoms with Gasteiger partial charge >= 0.3 is 0 Å². The maximum atomic E-state index is 13.5. The normalized spacial score (nSPS) is 12.4. The van der Waals surface area contributed by atoms with Crippen molar-refractivity contribution in [2.75, 3.05) is 0 Å². The van der Waals surface area contributed by atoms with E-state index in [2.05, 4.69) is 0 Å². The first-order valence-corrected chi connectivity index (χ1v) is 7.03. The molecule has 0 aliphatic carbocycles. The molecule has 0 aliphatic rings. The minimum absolute atomic E-state index is 0.108. The van der Waals surface area contributed by atoms with E-state index in [0.29, 0.717) is 6.54 Å². The van der Waals surface area contributed by atoms with Crippen LogP contribution in [0.2, 0.25) is 0 Å². The van der Waals surface area contributed by atoms with Gasteiger partial charge in [-0.2, -0.15) is 0 Å². The van der Waals surface area contributed by atoms with Gasteiger partial charge in [0.25, 0.3) is 0 Å². The Bertz CT molecular complexity index is 599. The first-order valence-electron chi connectivity index (χ1n) is 5.71. The fourth-order valence-corrected chi connectivity index (χ4v) is 2.83. The summed E-state index contributed by atoms with van der Waals surface area (Å²) in [4.78, 5) is -0.108. The molecule has 0 fully saturated rings. The van der Waals surface area contributed by atoms with E-state index in [1.54, 1.807) is 12.1 Å². The van der Waals surface area contributed by atoms with Crippen molar-refractivity contribution >= 4 is 10.8 Å². The van der Waals surface area contributed by atoms with Gasteiger partial charge in [-0.25, -0.2) is 8.78 Å². The van der Waals surface area contributed by atoms with Crippen LogP contribution in [-0.4, -0.2) is 4.21 Å². The number of halogens is 2. The third kappa shape index (κ3) is 3.45.